The monoisotopic (exact) mass is 447 g/mol. The number of hydrogen-bond donors (Lipinski definition) is 2. The number of ether oxygens (including phenoxy) is 1. The second-order valence-corrected chi connectivity index (χ2v) is 8.37. The third-order valence-electron chi connectivity index (χ3n) is 5.06. The van der Waals surface area contributed by atoms with E-state index in [1.54, 1.807) is 18.2 Å². The average molecular weight is 448 g/mol. The summed E-state index contributed by atoms with van der Waals surface area (Å²) in [6.07, 6.45) is 5.48. The van der Waals surface area contributed by atoms with Gasteiger partial charge in [-0.05, 0) is 42.2 Å². The fourth-order valence-corrected chi connectivity index (χ4v) is 4.79. The van der Waals surface area contributed by atoms with E-state index in [2.05, 4.69) is 16.7 Å². The highest BCUT2D eigenvalue weighted by Crippen LogP contribution is 2.38. The predicted molar refractivity (Wildman–Crippen MR) is 121 cm³/mol. The van der Waals surface area contributed by atoms with Crippen molar-refractivity contribution in [1.82, 2.24) is 5.32 Å². The number of carbonyl (C=O) groups is 2. The molecule has 8 heteroatoms. The summed E-state index contributed by atoms with van der Waals surface area (Å²) in [6, 6.07) is 15.3. The number of nitrogens with one attached hydrogen (secondary N) is 2. The molecule has 1 aliphatic rings. The van der Waals surface area contributed by atoms with Gasteiger partial charge < -0.3 is 19.8 Å². The molecule has 7 nitrogen and oxygen atoms in total. The standard InChI is InChI=1S/C24H21N3O4S/c25-14-20-19-10-8-18(31-24(29)26-15-16-5-2-1-3-6-16)13-21(19)32-23(20)27-22(28)11-9-17-7-4-12-30-17/h1-7,9,11-12,18H,8,10,13,15H2,(H,26,29)(H,27,28)/b11-9+. The van der Waals surface area contributed by atoms with Crippen LogP contribution in [0.4, 0.5) is 9.80 Å². The summed E-state index contributed by atoms with van der Waals surface area (Å²) in [5.74, 6) is 0.223. The van der Waals surface area contributed by atoms with Crippen molar-refractivity contribution in [3.63, 3.8) is 0 Å². The number of nitrogens with zero attached hydrogens (tertiary/aromatic N) is 1. The maximum Gasteiger partial charge on any atom is 0.407 e. The number of alkyl carbamates (subject to hydrolysis) is 1. The molecular weight excluding hydrogens is 426 g/mol. The van der Waals surface area contributed by atoms with Crippen molar-refractivity contribution in [2.75, 3.05) is 5.32 Å². The quantitative estimate of drug-likeness (QED) is 0.535. The molecular formula is C24H21N3O4S. The lowest BCUT2D eigenvalue weighted by atomic mass is 9.94. The lowest BCUT2D eigenvalue weighted by Gasteiger charge is -2.22. The molecule has 0 radical (unpaired) electrons. The van der Waals surface area contributed by atoms with Gasteiger partial charge >= 0.3 is 6.09 Å². The third-order valence-corrected chi connectivity index (χ3v) is 6.23. The Morgan fingerprint density at radius 2 is 2.09 bits per heavy atom. The highest BCUT2D eigenvalue weighted by Gasteiger charge is 2.28. The number of rotatable bonds is 6. The number of carbonyl (C=O) groups excluding carboxylic acids is 2. The molecule has 1 atom stereocenters. The van der Waals surface area contributed by atoms with E-state index in [0.29, 0.717) is 42.1 Å². The Kier molecular flexibility index (Phi) is 6.68. The van der Waals surface area contributed by atoms with Gasteiger partial charge in [0.25, 0.3) is 0 Å². The summed E-state index contributed by atoms with van der Waals surface area (Å²) < 4.78 is 10.7. The second-order valence-electron chi connectivity index (χ2n) is 7.27. The largest absolute Gasteiger partial charge is 0.465 e. The number of benzene rings is 1. The number of hydrogen-bond acceptors (Lipinski definition) is 6. The third kappa shape index (κ3) is 5.25. The molecule has 0 saturated heterocycles. The lowest BCUT2D eigenvalue weighted by molar-refractivity contribution is -0.111. The minimum atomic E-state index is -0.462. The van der Waals surface area contributed by atoms with Crippen LogP contribution in [0.15, 0.2) is 59.2 Å². The second kappa shape index (κ2) is 9.98. The lowest BCUT2D eigenvalue weighted by Crippen LogP contribution is -2.31. The summed E-state index contributed by atoms with van der Waals surface area (Å²) in [4.78, 5) is 25.4. The number of thiophene rings is 1. The van der Waals surface area contributed by atoms with Crippen molar-refractivity contribution in [3.05, 3.63) is 82.1 Å². The Labute approximate surface area is 189 Å². The maximum absolute atomic E-state index is 12.3. The molecule has 2 amide bonds. The van der Waals surface area contributed by atoms with Crippen LogP contribution in [0.1, 0.15) is 33.7 Å². The number of furan rings is 1. The van der Waals surface area contributed by atoms with E-state index in [0.717, 1.165) is 16.0 Å². The zero-order chi connectivity index (χ0) is 22.3. The van der Waals surface area contributed by atoms with Crippen molar-refractivity contribution in [2.45, 2.75) is 31.9 Å². The highest BCUT2D eigenvalue weighted by atomic mass is 32.1. The first-order valence-corrected chi connectivity index (χ1v) is 11.0. The van der Waals surface area contributed by atoms with Crippen LogP contribution in [0.25, 0.3) is 6.08 Å². The summed E-state index contributed by atoms with van der Waals surface area (Å²) >= 11 is 1.36. The number of nitriles is 1. The molecule has 1 unspecified atom stereocenters. The number of fused-ring (bicyclic) bond motifs is 1. The molecule has 0 spiro atoms. The molecule has 32 heavy (non-hydrogen) atoms. The molecule has 0 saturated carbocycles. The van der Waals surface area contributed by atoms with E-state index in [1.807, 2.05) is 30.3 Å². The van der Waals surface area contributed by atoms with Crippen molar-refractivity contribution in [2.24, 2.45) is 0 Å². The zero-order valence-electron chi connectivity index (χ0n) is 17.2. The predicted octanol–water partition coefficient (Wildman–Crippen LogP) is 4.65. The van der Waals surface area contributed by atoms with Crippen LogP contribution < -0.4 is 10.6 Å². The van der Waals surface area contributed by atoms with Crippen LogP contribution in [0.5, 0.6) is 0 Å². The molecule has 1 aliphatic carbocycles. The summed E-state index contributed by atoms with van der Waals surface area (Å²) in [7, 11) is 0. The van der Waals surface area contributed by atoms with Crippen LogP contribution >= 0.6 is 11.3 Å². The molecule has 0 fully saturated rings. The molecule has 2 N–H and O–H groups in total. The average Bonchev–Trinajstić information content (AvgIpc) is 3.44. The minimum Gasteiger partial charge on any atom is -0.465 e. The van der Waals surface area contributed by atoms with Crippen molar-refractivity contribution < 1.29 is 18.7 Å². The first kappa shape index (κ1) is 21.4. The van der Waals surface area contributed by atoms with E-state index < -0.39 is 6.09 Å². The van der Waals surface area contributed by atoms with Crippen molar-refractivity contribution in [1.29, 1.82) is 5.26 Å². The summed E-state index contributed by atoms with van der Waals surface area (Å²) in [5.41, 5.74) is 2.40. The maximum atomic E-state index is 12.3. The van der Waals surface area contributed by atoms with Crippen LogP contribution in [0.2, 0.25) is 0 Å². The molecule has 4 rings (SSSR count). The van der Waals surface area contributed by atoms with Gasteiger partial charge in [-0.3, -0.25) is 4.79 Å². The molecule has 162 valence electrons. The minimum absolute atomic E-state index is 0.272. The smallest absolute Gasteiger partial charge is 0.407 e. The van der Waals surface area contributed by atoms with Crippen LogP contribution in [-0.4, -0.2) is 18.1 Å². The van der Waals surface area contributed by atoms with Gasteiger partial charge in [0.15, 0.2) is 0 Å². The van der Waals surface area contributed by atoms with E-state index in [9.17, 15) is 14.9 Å². The summed E-state index contributed by atoms with van der Waals surface area (Å²) in [5, 5.41) is 15.7. The van der Waals surface area contributed by atoms with Gasteiger partial charge in [-0.15, -0.1) is 11.3 Å². The van der Waals surface area contributed by atoms with Gasteiger partial charge in [0, 0.05) is 23.9 Å². The topological polar surface area (TPSA) is 104 Å². The Balaban J connectivity index is 1.36. The van der Waals surface area contributed by atoms with Gasteiger partial charge in [0.1, 0.15) is 22.9 Å². The Morgan fingerprint density at radius 3 is 2.84 bits per heavy atom. The fraction of sp³-hybridized carbons (Fsp3) is 0.208. The number of amides is 2. The first-order valence-electron chi connectivity index (χ1n) is 10.2. The van der Waals surface area contributed by atoms with Gasteiger partial charge in [0.05, 0.1) is 11.8 Å². The Morgan fingerprint density at radius 1 is 1.25 bits per heavy atom. The number of anilines is 1. The van der Waals surface area contributed by atoms with E-state index in [1.165, 1.54) is 23.7 Å². The fourth-order valence-electron chi connectivity index (χ4n) is 3.52. The van der Waals surface area contributed by atoms with Gasteiger partial charge in [0.2, 0.25) is 5.91 Å². The summed E-state index contributed by atoms with van der Waals surface area (Å²) in [6.45, 7) is 0.400. The molecule has 2 aromatic heterocycles. The zero-order valence-corrected chi connectivity index (χ0v) is 18.0. The van der Waals surface area contributed by atoms with E-state index >= 15 is 0 Å². The van der Waals surface area contributed by atoms with Crippen LogP contribution in [0, 0.1) is 11.3 Å². The van der Waals surface area contributed by atoms with Gasteiger partial charge in [-0.25, -0.2) is 4.79 Å². The molecule has 0 bridgehead atoms. The Bertz CT molecular complexity index is 1160. The molecule has 2 heterocycles. The van der Waals surface area contributed by atoms with Gasteiger partial charge in [-0.2, -0.15) is 5.26 Å². The SMILES string of the molecule is N#Cc1c(NC(=O)/C=C/c2ccco2)sc2c1CCC(OC(=O)NCc1ccccc1)C2. The highest BCUT2D eigenvalue weighted by molar-refractivity contribution is 7.16. The molecule has 1 aromatic carbocycles. The molecule has 3 aromatic rings. The van der Waals surface area contributed by atoms with E-state index in [4.69, 9.17) is 9.15 Å². The normalized spacial score (nSPS) is 15.0. The van der Waals surface area contributed by atoms with Crippen molar-refractivity contribution >= 4 is 34.4 Å². The van der Waals surface area contributed by atoms with Crippen LogP contribution in [0.3, 0.4) is 0 Å². The Hall–Kier alpha value is -3.83. The van der Waals surface area contributed by atoms with Crippen molar-refractivity contribution in [3.8, 4) is 6.07 Å². The first-order chi connectivity index (χ1) is 15.6. The van der Waals surface area contributed by atoms with E-state index in [-0.39, 0.29) is 12.0 Å². The molecule has 0 aliphatic heterocycles. The van der Waals surface area contributed by atoms with Gasteiger partial charge in [-0.1, -0.05) is 30.3 Å². The van der Waals surface area contributed by atoms with Crippen LogP contribution in [-0.2, 0) is 28.9 Å².